The molecule has 0 aromatic heterocycles. The molecule has 0 radical (unpaired) electrons. The summed E-state index contributed by atoms with van der Waals surface area (Å²) in [7, 11) is -2.73. The minimum absolute atomic E-state index is 0. The average molecular weight is 204 g/mol. The maximum Gasteiger partial charge on any atom is 1.00 e. The largest absolute Gasteiger partial charge is 1.00 e. The Morgan fingerprint density at radius 2 is 2.17 bits per heavy atom. The molecular weight excluding hydrogens is 195 g/mol. The van der Waals surface area contributed by atoms with Crippen molar-refractivity contribution in [1.29, 1.82) is 0 Å². The first kappa shape index (κ1) is 14.6. The number of hydrogen-bond acceptors (Lipinski definition) is 5. The first-order chi connectivity index (χ1) is 5.02. The van der Waals surface area contributed by atoms with Gasteiger partial charge in [-0.25, -0.2) is 4.79 Å². The molecule has 0 aliphatic heterocycles. The van der Waals surface area contributed by atoms with Crippen molar-refractivity contribution in [2.75, 3.05) is 13.0 Å². The van der Waals surface area contributed by atoms with E-state index in [1.54, 1.807) is 0 Å². The van der Waals surface area contributed by atoms with E-state index in [4.69, 9.17) is 0 Å². The topological polar surface area (TPSA) is 69.7 Å². The number of esters is 1. The van der Waals surface area contributed by atoms with Crippen LogP contribution in [0.2, 0.25) is 0 Å². The van der Waals surface area contributed by atoms with Gasteiger partial charge in [0.1, 0.15) is 0 Å². The fourth-order valence-corrected chi connectivity index (χ4v) is 0.594. The minimum atomic E-state index is -3.72. The third-order valence-electron chi connectivity index (χ3n) is 0.766. The second kappa shape index (κ2) is 6.62. The minimum Gasteiger partial charge on any atom is -1.00 e. The summed E-state index contributed by atoms with van der Waals surface area (Å²) < 4.78 is 29.1. The third kappa shape index (κ3) is 6.81. The van der Waals surface area contributed by atoms with Gasteiger partial charge in [-0.3, -0.25) is 4.18 Å². The quantitative estimate of drug-likeness (QED) is 0.208. The molecule has 0 bridgehead atoms. The number of hydrogen-bond donors (Lipinski definition) is 0. The van der Waals surface area contributed by atoms with E-state index < -0.39 is 22.0 Å². The van der Waals surface area contributed by atoms with E-state index in [1.165, 1.54) is 0 Å². The van der Waals surface area contributed by atoms with Crippen LogP contribution in [0.15, 0.2) is 12.7 Å². The van der Waals surface area contributed by atoms with Gasteiger partial charge in [0.05, 0.1) is 7.11 Å². The van der Waals surface area contributed by atoms with Gasteiger partial charge >= 0.3 is 45.6 Å². The smallest absolute Gasteiger partial charge is 1.00 e. The number of carbonyl (C=O) groups is 1. The van der Waals surface area contributed by atoms with Gasteiger partial charge in [-0.2, -0.15) is 8.42 Å². The molecule has 0 aliphatic rings. The molecule has 12 heavy (non-hydrogen) atoms. The number of ether oxygens (including phenoxy) is 1. The molecule has 0 rings (SSSR count). The van der Waals surface area contributed by atoms with Gasteiger partial charge in [0, 0.05) is 6.08 Å². The van der Waals surface area contributed by atoms with Crippen LogP contribution in [0, 0.1) is 0 Å². The van der Waals surface area contributed by atoms with Crippen LogP contribution < -0.4 is 29.6 Å². The van der Waals surface area contributed by atoms with Crippen LogP contribution in [0.3, 0.4) is 0 Å². The van der Waals surface area contributed by atoms with E-state index in [0.29, 0.717) is 0 Å². The zero-order valence-electron chi connectivity index (χ0n) is 7.94. The van der Waals surface area contributed by atoms with Gasteiger partial charge in [-0.05, 0) is 0 Å². The van der Waals surface area contributed by atoms with Gasteiger partial charge in [-0.1, -0.05) is 6.58 Å². The maximum absolute atomic E-state index is 10.5. The first-order valence-corrected chi connectivity index (χ1v) is 4.17. The molecule has 0 amide bonds. The van der Waals surface area contributed by atoms with E-state index in [2.05, 4.69) is 15.5 Å². The van der Waals surface area contributed by atoms with Gasteiger partial charge in [0.2, 0.25) is 5.94 Å². The molecule has 0 unspecified atom stereocenters. The first-order valence-electron chi connectivity index (χ1n) is 2.59. The van der Waals surface area contributed by atoms with Crippen LogP contribution in [-0.2, 0) is 23.8 Å². The summed E-state index contributed by atoms with van der Waals surface area (Å²) >= 11 is 0. The zero-order valence-corrected chi connectivity index (χ0v) is 9.76. The van der Waals surface area contributed by atoms with Crippen LogP contribution in [0.25, 0.3) is 0 Å². The second-order valence-electron chi connectivity index (χ2n) is 1.51. The van der Waals surface area contributed by atoms with Crippen molar-refractivity contribution in [3.05, 3.63) is 12.7 Å². The Hall–Kier alpha value is 0.120. The number of carbonyl (C=O) groups excluding carboxylic acids is 1. The Labute approximate surface area is 94.6 Å². The molecule has 0 aromatic carbocycles. The molecule has 0 atom stereocenters. The summed E-state index contributed by atoms with van der Waals surface area (Å²) in [4.78, 5) is 10.3. The SMILES string of the molecule is C=CC(=O)OCS(=O)(=O)OC.[H-].[Na+]. The van der Waals surface area contributed by atoms with Crippen molar-refractivity contribution >= 4 is 16.1 Å². The molecule has 0 saturated heterocycles. The molecular formula is C5H9NaO5S. The van der Waals surface area contributed by atoms with Crippen molar-refractivity contribution in [1.82, 2.24) is 0 Å². The van der Waals surface area contributed by atoms with Crippen molar-refractivity contribution < 1.29 is 53.1 Å². The van der Waals surface area contributed by atoms with Gasteiger partial charge in [-0.15, -0.1) is 0 Å². The standard InChI is InChI=1S/C5H8O5S.Na.H/c1-3-5(6)10-4-11(7,8)9-2;;/h3H,1,4H2,2H3;;/q;+1;-1. The van der Waals surface area contributed by atoms with Crippen LogP contribution >= 0.6 is 0 Å². The fourth-order valence-electron chi connectivity index (χ4n) is 0.237. The third-order valence-corrected chi connectivity index (χ3v) is 1.68. The van der Waals surface area contributed by atoms with Crippen molar-refractivity contribution in [2.45, 2.75) is 0 Å². The van der Waals surface area contributed by atoms with E-state index in [-0.39, 0.29) is 31.0 Å². The second-order valence-corrected chi connectivity index (χ2v) is 3.19. The van der Waals surface area contributed by atoms with Crippen molar-refractivity contribution in [3.63, 3.8) is 0 Å². The van der Waals surface area contributed by atoms with Crippen LogP contribution in [-0.4, -0.2) is 27.4 Å². The Morgan fingerprint density at radius 3 is 2.50 bits per heavy atom. The summed E-state index contributed by atoms with van der Waals surface area (Å²) in [5.74, 6) is -1.58. The molecule has 0 saturated carbocycles. The summed E-state index contributed by atoms with van der Waals surface area (Å²) in [5, 5.41) is 0. The molecule has 0 heterocycles. The molecule has 0 aliphatic carbocycles. The van der Waals surface area contributed by atoms with Crippen molar-refractivity contribution in [2.24, 2.45) is 0 Å². The maximum atomic E-state index is 10.5. The van der Waals surface area contributed by atoms with E-state index in [9.17, 15) is 13.2 Å². The Morgan fingerprint density at radius 1 is 1.67 bits per heavy atom. The average Bonchev–Trinajstić information content (AvgIpc) is 2.00. The predicted molar refractivity (Wildman–Crippen MR) is 38.2 cm³/mol. The molecule has 5 nitrogen and oxygen atoms in total. The fraction of sp³-hybridized carbons (Fsp3) is 0.400. The molecule has 0 spiro atoms. The van der Waals surface area contributed by atoms with Gasteiger partial charge < -0.3 is 6.16 Å². The monoisotopic (exact) mass is 204 g/mol. The Balaban J connectivity index is -0.000000500. The van der Waals surface area contributed by atoms with Crippen molar-refractivity contribution in [3.8, 4) is 0 Å². The summed E-state index contributed by atoms with van der Waals surface area (Å²) in [5.41, 5.74) is 0. The zero-order chi connectivity index (χ0) is 8.91. The molecule has 0 aromatic rings. The van der Waals surface area contributed by atoms with Crippen LogP contribution in [0.5, 0.6) is 0 Å². The van der Waals surface area contributed by atoms with Crippen LogP contribution in [0.1, 0.15) is 1.43 Å². The van der Waals surface area contributed by atoms with E-state index in [0.717, 1.165) is 13.2 Å². The van der Waals surface area contributed by atoms with Crippen LogP contribution in [0.4, 0.5) is 0 Å². The molecule has 0 fully saturated rings. The van der Waals surface area contributed by atoms with E-state index >= 15 is 0 Å². The molecule has 7 heteroatoms. The summed E-state index contributed by atoms with van der Waals surface area (Å²) in [6.45, 7) is 3.08. The van der Waals surface area contributed by atoms with E-state index in [1.807, 2.05) is 0 Å². The Kier molecular flexibility index (Phi) is 8.07. The Bertz CT molecular complexity index is 250. The summed E-state index contributed by atoms with van der Waals surface area (Å²) in [6.07, 6.45) is 0.866. The van der Waals surface area contributed by atoms with Gasteiger partial charge in [0.25, 0.3) is 0 Å². The van der Waals surface area contributed by atoms with Gasteiger partial charge in [0.15, 0.2) is 0 Å². The molecule has 0 N–H and O–H groups in total. The number of rotatable bonds is 4. The predicted octanol–water partition coefficient (Wildman–Crippen LogP) is -3.23. The molecule has 66 valence electrons. The normalized spacial score (nSPS) is 9.75. The summed E-state index contributed by atoms with van der Waals surface area (Å²) in [6, 6.07) is 0.